The van der Waals surface area contributed by atoms with Crippen LogP contribution in [-0.4, -0.2) is 19.3 Å². The highest BCUT2D eigenvalue weighted by Gasteiger charge is 2.08. The highest BCUT2D eigenvalue weighted by atomic mass is 79.9. The number of sulfonamides is 1. The number of benzene rings is 1. The van der Waals surface area contributed by atoms with E-state index in [1.807, 2.05) is 0 Å². The summed E-state index contributed by atoms with van der Waals surface area (Å²) in [5.41, 5.74) is 1.58. The van der Waals surface area contributed by atoms with Gasteiger partial charge in [-0.3, -0.25) is 4.79 Å². The molecule has 0 aliphatic heterocycles. The number of hydrogen-bond acceptors (Lipinski definition) is 4. The number of nitrogens with two attached hydrogens (primary N) is 1. The molecule has 1 aromatic carbocycles. The van der Waals surface area contributed by atoms with Crippen molar-refractivity contribution in [3.63, 3.8) is 0 Å². The topological polar surface area (TPSA) is 102 Å². The third-order valence-electron chi connectivity index (χ3n) is 2.57. The number of carbonyl (C=O) groups excluding carboxylic acids is 1. The summed E-state index contributed by atoms with van der Waals surface area (Å²) in [6.07, 6.45) is 1.52. The van der Waals surface area contributed by atoms with Crippen molar-refractivity contribution in [2.45, 2.75) is 5.75 Å². The van der Waals surface area contributed by atoms with Crippen molar-refractivity contribution < 1.29 is 13.2 Å². The lowest BCUT2D eigenvalue weighted by molar-refractivity contribution is 0.102. The maximum absolute atomic E-state index is 12.0. The molecule has 0 saturated heterocycles. The molecule has 0 unspecified atom stereocenters. The maximum atomic E-state index is 12.0. The summed E-state index contributed by atoms with van der Waals surface area (Å²) in [6, 6.07) is 9.63. The van der Waals surface area contributed by atoms with Crippen molar-refractivity contribution in [1.29, 1.82) is 0 Å². The zero-order chi connectivity index (χ0) is 15.5. The van der Waals surface area contributed by atoms with E-state index in [0.717, 1.165) is 0 Å². The molecule has 1 amide bonds. The van der Waals surface area contributed by atoms with Gasteiger partial charge in [-0.2, -0.15) is 0 Å². The standard InChI is InChI=1S/C13H12BrN3O3S/c14-12-7-10(5-6-16-12)13(18)17-11-3-1-9(2-4-11)8-21(15,19)20/h1-7H,8H2,(H,17,18)(H2,15,19,20). The second-order valence-electron chi connectivity index (χ2n) is 4.33. The quantitative estimate of drug-likeness (QED) is 0.803. The van der Waals surface area contributed by atoms with Gasteiger partial charge < -0.3 is 5.32 Å². The van der Waals surface area contributed by atoms with Gasteiger partial charge in [0.05, 0.1) is 5.75 Å². The van der Waals surface area contributed by atoms with Gasteiger partial charge in [0.15, 0.2) is 0 Å². The van der Waals surface area contributed by atoms with Gasteiger partial charge in [-0.1, -0.05) is 12.1 Å². The van der Waals surface area contributed by atoms with E-state index >= 15 is 0 Å². The third kappa shape index (κ3) is 4.92. The van der Waals surface area contributed by atoms with E-state index in [1.54, 1.807) is 36.4 Å². The molecule has 3 N–H and O–H groups in total. The van der Waals surface area contributed by atoms with E-state index in [0.29, 0.717) is 21.4 Å². The Hall–Kier alpha value is -1.77. The number of nitrogens with zero attached hydrogens (tertiary/aromatic N) is 1. The van der Waals surface area contributed by atoms with Crippen LogP contribution in [0.5, 0.6) is 0 Å². The Morgan fingerprint density at radius 2 is 1.90 bits per heavy atom. The van der Waals surface area contributed by atoms with Gasteiger partial charge in [0.1, 0.15) is 4.60 Å². The van der Waals surface area contributed by atoms with E-state index < -0.39 is 10.0 Å². The molecule has 0 spiro atoms. The van der Waals surface area contributed by atoms with E-state index in [2.05, 4.69) is 26.2 Å². The Labute approximate surface area is 130 Å². The average molecular weight is 370 g/mol. The Bertz CT molecular complexity index is 760. The Morgan fingerprint density at radius 1 is 1.24 bits per heavy atom. The first-order valence-electron chi connectivity index (χ1n) is 5.86. The van der Waals surface area contributed by atoms with Crippen molar-refractivity contribution in [1.82, 2.24) is 4.98 Å². The lowest BCUT2D eigenvalue weighted by Crippen LogP contribution is -2.15. The molecule has 21 heavy (non-hydrogen) atoms. The molecule has 110 valence electrons. The minimum Gasteiger partial charge on any atom is -0.322 e. The number of rotatable bonds is 4. The van der Waals surface area contributed by atoms with Gasteiger partial charge in [0, 0.05) is 17.4 Å². The van der Waals surface area contributed by atoms with Crippen LogP contribution in [0.1, 0.15) is 15.9 Å². The molecule has 8 heteroatoms. The van der Waals surface area contributed by atoms with Gasteiger partial charge >= 0.3 is 0 Å². The van der Waals surface area contributed by atoms with E-state index in [-0.39, 0.29) is 11.7 Å². The number of anilines is 1. The van der Waals surface area contributed by atoms with Crippen molar-refractivity contribution >= 4 is 37.5 Å². The predicted molar refractivity (Wildman–Crippen MR) is 83.1 cm³/mol. The third-order valence-corrected chi connectivity index (χ3v) is 3.74. The molecule has 0 aliphatic rings. The molecule has 0 atom stereocenters. The molecule has 0 radical (unpaired) electrons. The number of amides is 1. The molecular weight excluding hydrogens is 358 g/mol. The number of carbonyl (C=O) groups is 1. The molecule has 0 saturated carbocycles. The fraction of sp³-hybridized carbons (Fsp3) is 0.0769. The molecule has 1 aromatic heterocycles. The first kappa shape index (κ1) is 15.6. The maximum Gasteiger partial charge on any atom is 0.255 e. The number of nitrogens with one attached hydrogen (secondary N) is 1. The molecule has 1 heterocycles. The Morgan fingerprint density at radius 3 is 2.48 bits per heavy atom. The van der Waals surface area contributed by atoms with Crippen LogP contribution in [0.15, 0.2) is 47.2 Å². The number of aromatic nitrogens is 1. The molecule has 2 rings (SSSR count). The second kappa shape index (κ2) is 6.33. The lowest BCUT2D eigenvalue weighted by atomic mass is 10.2. The molecule has 0 aliphatic carbocycles. The molecule has 0 fully saturated rings. The number of primary sulfonamides is 1. The normalized spacial score (nSPS) is 11.1. The smallest absolute Gasteiger partial charge is 0.255 e. The van der Waals surface area contributed by atoms with E-state index in [4.69, 9.17) is 5.14 Å². The second-order valence-corrected chi connectivity index (χ2v) is 6.75. The summed E-state index contributed by atoms with van der Waals surface area (Å²) in [7, 11) is -3.56. The van der Waals surface area contributed by atoms with Crippen LogP contribution >= 0.6 is 15.9 Å². The molecule has 2 aromatic rings. The largest absolute Gasteiger partial charge is 0.322 e. The number of hydrogen-bond donors (Lipinski definition) is 2. The summed E-state index contributed by atoms with van der Waals surface area (Å²) in [5.74, 6) is -0.518. The minimum atomic E-state index is -3.56. The van der Waals surface area contributed by atoms with Gasteiger partial charge in [-0.15, -0.1) is 0 Å². The molecular formula is C13H12BrN3O3S. The highest BCUT2D eigenvalue weighted by Crippen LogP contribution is 2.14. The van der Waals surface area contributed by atoms with E-state index in [9.17, 15) is 13.2 Å². The van der Waals surface area contributed by atoms with Gasteiger partial charge in [0.2, 0.25) is 10.0 Å². The van der Waals surface area contributed by atoms with Crippen LogP contribution < -0.4 is 10.5 Å². The predicted octanol–water partition coefficient (Wildman–Crippen LogP) is 1.88. The van der Waals surface area contributed by atoms with Crippen molar-refractivity contribution in [2.24, 2.45) is 5.14 Å². The summed E-state index contributed by atoms with van der Waals surface area (Å²) in [6.45, 7) is 0. The van der Waals surface area contributed by atoms with Gasteiger partial charge in [0.25, 0.3) is 5.91 Å². The van der Waals surface area contributed by atoms with E-state index in [1.165, 1.54) is 6.20 Å². The Kier molecular flexibility index (Phi) is 4.71. The van der Waals surface area contributed by atoms with Crippen LogP contribution in [0.25, 0.3) is 0 Å². The zero-order valence-corrected chi connectivity index (χ0v) is 13.2. The highest BCUT2D eigenvalue weighted by molar-refractivity contribution is 9.10. The fourth-order valence-electron chi connectivity index (χ4n) is 1.66. The molecule has 0 bridgehead atoms. The Balaban J connectivity index is 2.08. The van der Waals surface area contributed by atoms with Gasteiger partial charge in [-0.05, 0) is 45.8 Å². The first-order chi connectivity index (χ1) is 9.83. The van der Waals surface area contributed by atoms with Crippen molar-refractivity contribution in [3.05, 3.63) is 58.3 Å². The SMILES string of the molecule is NS(=O)(=O)Cc1ccc(NC(=O)c2ccnc(Br)c2)cc1. The minimum absolute atomic E-state index is 0.238. The van der Waals surface area contributed by atoms with Crippen molar-refractivity contribution in [2.75, 3.05) is 5.32 Å². The number of halogens is 1. The first-order valence-corrected chi connectivity index (χ1v) is 8.37. The lowest BCUT2D eigenvalue weighted by Gasteiger charge is -2.06. The van der Waals surface area contributed by atoms with Gasteiger partial charge in [-0.25, -0.2) is 18.5 Å². The van der Waals surface area contributed by atoms with Crippen LogP contribution in [0.3, 0.4) is 0 Å². The summed E-state index contributed by atoms with van der Waals surface area (Å²) < 4.78 is 22.5. The fourth-order valence-corrected chi connectivity index (χ4v) is 2.69. The molecule has 6 nitrogen and oxygen atoms in total. The van der Waals surface area contributed by atoms with Crippen LogP contribution in [0.2, 0.25) is 0 Å². The zero-order valence-electron chi connectivity index (χ0n) is 10.8. The van der Waals surface area contributed by atoms with Crippen LogP contribution in [0, 0.1) is 0 Å². The monoisotopic (exact) mass is 369 g/mol. The van der Waals surface area contributed by atoms with Crippen LogP contribution in [0.4, 0.5) is 5.69 Å². The van der Waals surface area contributed by atoms with Crippen molar-refractivity contribution in [3.8, 4) is 0 Å². The average Bonchev–Trinajstić information content (AvgIpc) is 2.39. The summed E-state index contributed by atoms with van der Waals surface area (Å²) >= 11 is 3.19. The number of pyridine rings is 1. The summed E-state index contributed by atoms with van der Waals surface area (Å²) in [5, 5.41) is 7.68. The summed E-state index contributed by atoms with van der Waals surface area (Å²) in [4.78, 5) is 15.9. The van der Waals surface area contributed by atoms with Crippen LogP contribution in [-0.2, 0) is 15.8 Å².